The summed E-state index contributed by atoms with van der Waals surface area (Å²) in [5.41, 5.74) is 0.0972. The number of halogens is 3. The average Bonchev–Trinajstić information content (AvgIpc) is 2.72. The summed E-state index contributed by atoms with van der Waals surface area (Å²) in [6.45, 7) is 6.77. The first-order valence-electron chi connectivity index (χ1n) is 10.7. The highest BCUT2D eigenvalue weighted by atomic mass is 19.4. The molecule has 1 N–H and O–H groups in total. The molecule has 32 heavy (non-hydrogen) atoms. The highest BCUT2D eigenvalue weighted by Crippen LogP contribution is 2.42. The zero-order chi connectivity index (χ0) is 23.3. The first-order valence-corrected chi connectivity index (χ1v) is 10.7. The smallest absolute Gasteiger partial charge is 0.366 e. The minimum atomic E-state index is -4.41. The lowest BCUT2D eigenvalue weighted by molar-refractivity contribution is -0.144. The largest absolute Gasteiger partial charge is 0.416 e. The number of hydrogen-bond donors (Lipinski definition) is 1. The lowest BCUT2D eigenvalue weighted by atomic mass is 9.80. The van der Waals surface area contributed by atoms with Crippen LogP contribution in [0.2, 0.25) is 0 Å². The molecule has 1 spiro atoms. The monoisotopic (exact) mass is 444 g/mol. The van der Waals surface area contributed by atoms with Gasteiger partial charge in [-0.3, -0.25) is 10.2 Å². The highest BCUT2D eigenvalue weighted by Gasteiger charge is 2.59. The summed E-state index contributed by atoms with van der Waals surface area (Å²) in [7, 11) is 0. The molecule has 2 heterocycles. The Labute approximate surface area is 185 Å². The van der Waals surface area contributed by atoms with Gasteiger partial charge in [-0.1, -0.05) is 30.3 Å². The fraction of sp³-hybridized carbons (Fsp3) is 0.417. The number of nitrogens with zero attached hydrogens (tertiary/aromatic N) is 3. The van der Waals surface area contributed by atoms with Crippen LogP contribution in [0.15, 0.2) is 54.6 Å². The van der Waals surface area contributed by atoms with Gasteiger partial charge in [0.25, 0.3) is 0 Å². The maximum atomic E-state index is 13.3. The molecule has 2 aromatic carbocycles. The van der Waals surface area contributed by atoms with E-state index < -0.39 is 23.3 Å². The molecule has 4 rings (SSSR count). The molecule has 0 radical (unpaired) electrons. The van der Waals surface area contributed by atoms with Crippen molar-refractivity contribution in [3.05, 3.63) is 65.7 Å². The average molecular weight is 445 g/mol. The summed E-state index contributed by atoms with van der Waals surface area (Å²) in [5.74, 6) is 0.271. The summed E-state index contributed by atoms with van der Waals surface area (Å²) < 4.78 is 39.0. The summed E-state index contributed by atoms with van der Waals surface area (Å²) in [5, 5.41) is 8.98. The van der Waals surface area contributed by atoms with Crippen molar-refractivity contribution < 1.29 is 18.0 Å². The van der Waals surface area contributed by atoms with Gasteiger partial charge in [0, 0.05) is 11.7 Å². The molecule has 170 valence electrons. The third kappa shape index (κ3) is 3.61. The van der Waals surface area contributed by atoms with Crippen molar-refractivity contribution in [2.45, 2.75) is 44.6 Å². The number of rotatable bonds is 4. The number of carbonyl (C=O) groups excluding carboxylic acids is 1. The lowest BCUT2D eigenvalue weighted by Crippen LogP contribution is -2.81. The maximum absolute atomic E-state index is 13.3. The number of amidine groups is 1. The Morgan fingerprint density at radius 1 is 0.969 bits per heavy atom. The van der Waals surface area contributed by atoms with Crippen LogP contribution in [0.4, 0.5) is 18.9 Å². The van der Waals surface area contributed by atoms with Crippen LogP contribution >= 0.6 is 0 Å². The summed E-state index contributed by atoms with van der Waals surface area (Å²) in [6, 6.07) is 14.3. The van der Waals surface area contributed by atoms with Crippen molar-refractivity contribution in [1.29, 1.82) is 5.41 Å². The summed E-state index contributed by atoms with van der Waals surface area (Å²) in [4.78, 5) is 19.0. The van der Waals surface area contributed by atoms with E-state index in [1.54, 1.807) is 4.90 Å². The number of piperazine rings is 1. The molecule has 2 saturated heterocycles. The predicted molar refractivity (Wildman–Crippen MR) is 118 cm³/mol. The van der Waals surface area contributed by atoms with Crippen molar-refractivity contribution in [2.24, 2.45) is 0 Å². The van der Waals surface area contributed by atoms with E-state index in [9.17, 15) is 18.0 Å². The second-order valence-electron chi connectivity index (χ2n) is 8.85. The van der Waals surface area contributed by atoms with Crippen LogP contribution in [0, 0.1) is 5.41 Å². The third-order valence-corrected chi connectivity index (χ3v) is 6.52. The minimum Gasteiger partial charge on any atom is -0.366 e. The van der Waals surface area contributed by atoms with E-state index in [-0.39, 0.29) is 18.5 Å². The van der Waals surface area contributed by atoms with Crippen LogP contribution in [0.5, 0.6) is 0 Å². The summed E-state index contributed by atoms with van der Waals surface area (Å²) in [6.07, 6.45) is -4.41. The molecule has 0 bridgehead atoms. The van der Waals surface area contributed by atoms with Crippen LogP contribution in [-0.2, 0) is 11.0 Å². The molecule has 8 heteroatoms. The van der Waals surface area contributed by atoms with Gasteiger partial charge in [-0.2, -0.15) is 13.2 Å². The molecule has 0 unspecified atom stereocenters. The van der Waals surface area contributed by atoms with E-state index >= 15 is 0 Å². The van der Waals surface area contributed by atoms with E-state index in [1.165, 1.54) is 12.1 Å². The Morgan fingerprint density at radius 3 is 2.09 bits per heavy atom. The zero-order valence-electron chi connectivity index (χ0n) is 18.4. The number of anilines is 1. The van der Waals surface area contributed by atoms with Crippen LogP contribution in [0.1, 0.15) is 37.9 Å². The van der Waals surface area contributed by atoms with Gasteiger partial charge in [0.2, 0.25) is 5.91 Å². The van der Waals surface area contributed by atoms with Gasteiger partial charge < -0.3 is 14.7 Å². The first-order chi connectivity index (χ1) is 15.0. The molecular formula is C24H27F3N4O. The van der Waals surface area contributed by atoms with E-state index in [0.717, 1.165) is 17.8 Å². The molecule has 0 aliphatic carbocycles. The minimum absolute atomic E-state index is 0.00220. The number of hydrogen-bond acceptors (Lipinski definition) is 3. The molecule has 1 atom stereocenters. The number of carbonyl (C=O) groups is 1. The topological polar surface area (TPSA) is 50.6 Å². The SMILES string of the molecule is CC(C)N1CC(=O)N([C@@H](C)c2ccc(C(F)(F)F)cc2)C2(CN(c3ccccc3)C2)C1=N. The lowest BCUT2D eigenvalue weighted by Gasteiger charge is -2.62. The molecule has 0 aromatic heterocycles. The Morgan fingerprint density at radius 2 is 1.56 bits per heavy atom. The molecule has 5 nitrogen and oxygen atoms in total. The van der Waals surface area contributed by atoms with E-state index in [2.05, 4.69) is 4.90 Å². The van der Waals surface area contributed by atoms with Gasteiger partial charge in [0.1, 0.15) is 11.4 Å². The number of amides is 1. The Hall–Kier alpha value is -3.03. The second-order valence-corrected chi connectivity index (χ2v) is 8.85. The molecular weight excluding hydrogens is 417 g/mol. The van der Waals surface area contributed by atoms with Gasteiger partial charge in [-0.05, 0) is 50.6 Å². The Kier molecular flexibility index (Phi) is 5.43. The van der Waals surface area contributed by atoms with Gasteiger partial charge in [-0.15, -0.1) is 0 Å². The third-order valence-electron chi connectivity index (χ3n) is 6.52. The van der Waals surface area contributed by atoms with Gasteiger partial charge in [-0.25, -0.2) is 0 Å². The van der Waals surface area contributed by atoms with Gasteiger partial charge in [0.05, 0.1) is 31.2 Å². The van der Waals surface area contributed by atoms with Gasteiger partial charge in [0.15, 0.2) is 0 Å². The molecule has 2 aliphatic heterocycles. The molecule has 0 saturated carbocycles. The Balaban J connectivity index is 1.67. The summed E-state index contributed by atoms with van der Waals surface area (Å²) >= 11 is 0. The molecule has 2 aromatic rings. The highest BCUT2D eigenvalue weighted by molar-refractivity contribution is 6.02. The van der Waals surface area contributed by atoms with Crippen molar-refractivity contribution in [3.63, 3.8) is 0 Å². The standard InChI is InChI=1S/C24H27F3N4O/c1-16(2)30-13-21(32)31(17(3)18-9-11-19(12-10-18)24(25,26)27)23(22(30)28)14-29(15-23)20-7-5-4-6-8-20/h4-12,16-17,28H,13-15H2,1-3H3/t17-/m0/s1. The second kappa shape index (κ2) is 7.83. The van der Waals surface area contributed by atoms with Crippen molar-refractivity contribution in [1.82, 2.24) is 9.80 Å². The quantitative estimate of drug-likeness (QED) is 0.753. The normalized spacial score (nSPS) is 19.5. The van der Waals surface area contributed by atoms with Crippen LogP contribution in [0.25, 0.3) is 0 Å². The number of nitrogens with one attached hydrogen (secondary N) is 1. The van der Waals surface area contributed by atoms with Crippen molar-refractivity contribution in [3.8, 4) is 0 Å². The van der Waals surface area contributed by atoms with Crippen LogP contribution in [-0.4, -0.2) is 52.8 Å². The first kappa shape index (κ1) is 22.2. The number of alkyl halides is 3. The number of para-hydroxylation sites is 1. The molecule has 2 fully saturated rings. The molecule has 1 amide bonds. The van der Waals surface area contributed by atoms with Gasteiger partial charge >= 0.3 is 6.18 Å². The predicted octanol–water partition coefficient (Wildman–Crippen LogP) is 4.56. The number of benzene rings is 2. The Bertz CT molecular complexity index is 998. The zero-order valence-corrected chi connectivity index (χ0v) is 18.4. The van der Waals surface area contributed by atoms with Crippen LogP contribution < -0.4 is 4.90 Å². The van der Waals surface area contributed by atoms with Crippen molar-refractivity contribution >= 4 is 17.4 Å². The maximum Gasteiger partial charge on any atom is 0.416 e. The van der Waals surface area contributed by atoms with E-state index in [4.69, 9.17) is 5.41 Å². The van der Waals surface area contributed by atoms with E-state index in [0.29, 0.717) is 24.5 Å². The van der Waals surface area contributed by atoms with Crippen LogP contribution in [0.3, 0.4) is 0 Å². The van der Waals surface area contributed by atoms with E-state index in [1.807, 2.05) is 56.0 Å². The molecule has 2 aliphatic rings. The van der Waals surface area contributed by atoms with Crippen molar-refractivity contribution in [2.75, 3.05) is 24.5 Å². The fourth-order valence-electron chi connectivity index (χ4n) is 4.76. The fourth-order valence-corrected chi connectivity index (χ4v) is 4.76.